The number of rotatable bonds is 8. The van der Waals surface area contributed by atoms with Gasteiger partial charge in [-0.3, -0.25) is 28.8 Å². The zero-order valence-corrected chi connectivity index (χ0v) is 22.3. The van der Waals surface area contributed by atoms with Gasteiger partial charge in [0.15, 0.2) is 5.69 Å². The van der Waals surface area contributed by atoms with Crippen LogP contribution in [0.15, 0.2) is 9.59 Å². The van der Waals surface area contributed by atoms with Crippen LogP contribution in [0.5, 0.6) is 0 Å². The van der Waals surface area contributed by atoms with E-state index in [1.165, 1.54) is 9.47 Å². The molecule has 1 aromatic heterocycles. The van der Waals surface area contributed by atoms with Crippen molar-refractivity contribution in [1.82, 2.24) is 19.8 Å². The molecule has 11 nitrogen and oxygen atoms in total. The van der Waals surface area contributed by atoms with E-state index < -0.39 is 41.2 Å². The summed E-state index contributed by atoms with van der Waals surface area (Å²) in [5, 5.41) is 2.87. The number of urea groups is 1. The van der Waals surface area contributed by atoms with Crippen LogP contribution in [0.25, 0.3) is 0 Å². The molecule has 4 amide bonds. The Morgan fingerprint density at radius 3 is 2.44 bits per heavy atom. The molecule has 200 valence electrons. The maximum Gasteiger partial charge on any atom is 0.330 e. The highest BCUT2D eigenvalue weighted by Gasteiger charge is 2.56. The molecule has 3 rings (SSSR count). The molecule has 2 fully saturated rings. The first-order valence-corrected chi connectivity index (χ1v) is 12.8. The van der Waals surface area contributed by atoms with Crippen LogP contribution in [-0.2, 0) is 16.1 Å². The highest BCUT2D eigenvalue weighted by molar-refractivity contribution is 6.10. The van der Waals surface area contributed by atoms with Gasteiger partial charge in [0.1, 0.15) is 17.9 Å². The summed E-state index contributed by atoms with van der Waals surface area (Å²) in [6.45, 7) is 11.8. The maximum absolute atomic E-state index is 13.6. The lowest BCUT2D eigenvalue weighted by molar-refractivity contribution is -0.137. The van der Waals surface area contributed by atoms with Gasteiger partial charge < -0.3 is 16.0 Å². The van der Waals surface area contributed by atoms with Crippen molar-refractivity contribution in [2.75, 3.05) is 23.7 Å². The smallest absolute Gasteiger partial charge is 0.330 e. The second kappa shape index (κ2) is 10.1. The van der Waals surface area contributed by atoms with E-state index in [4.69, 9.17) is 5.73 Å². The van der Waals surface area contributed by atoms with Gasteiger partial charge in [0.25, 0.3) is 11.5 Å². The number of hydrogen-bond donors (Lipinski definition) is 3. The molecule has 1 saturated heterocycles. The lowest BCUT2D eigenvalue weighted by atomic mass is 9.64. The largest absolute Gasteiger partial charge is 0.383 e. The van der Waals surface area contributed by atoms with Crippen LogP contribution in [0.4, 0.5) is 16.3 Å². The van der Waals surface area contributed by atoms with Crippen molar-refractivity contribution >= 4 is 29.4 Å². The molecule has 1 saturated carbocycles. The third kappa shape index (κ3) is 5.34. The van der Waals surface area contributed by atoms with E-state index in [1.807, 2.05) is 20.8 Å². The van der Waals surface area contributed by atoms with Crippen molar-refractivity contribution in [3.8, 4) is 0 Å². The fourth-order valence-corrected chi connectivity index (χ4v) is 5.93. The summed E-state index contributed by atoms with van der Waals surface area (Å²) in [5.74, 6) is -0.973. The van der Waals surface area contributed by atoms with Crippen molar-refractivity contribution in [1.29, 1.82) is 0 Å². The Balaban J connectivity index is 1.95. The number of anilines is 2. The van der Waals surface area contributed by atoms with Crippen LogP contribution in [0.1, 0.15) is 73.6 Å². The average Bonchev–Trinajstić information content (AvgIpc) is 2.94. The summed E-state index contributed by atoms with van der Waals surface area (Å²) in [7, 11) is 0. The van der Waals surface area contributed by atoms with E-state index in [1.54, 1.807) is 0 Å². The van der Waals surface area contributed by atoms with Gasteiger partial charge in [0.2, 0.25) is 5.91 Å². The molecule has 2 atom stereocenters. The normalized spacial score (nSPS) is 23.4. The van der Waals surface area contributed by atoms with Crippen molar-refractivity contribution in [3.63, 3.8) is 0 Å². The number of aromatic nitrogens is 2. The summed E-state index contributed by atoms with van der Waals surface area (Å²) in [5.41, 5.74) is 3.51. The van der Waals surface area contributed by atoms with Crippen molar-refractivity contribution < 1.29 is 14.4 Å². The summed E-state index contributed by atoms with van der Waals surface area (Å²) in [4.78, 5) is 69.6. The van der Waals surface area contributed by atoms with Gasteiger partial charge in [-0.15, -0.1) is 0 Å². The number of aromatic amines is 1. The number of carbonyl (C=O) groups excluding carboxylic acids is 3. The third-order valence-electron chi connectivity index (χ3n) is 6.99. The van der Waals surface area contributed by atoms with Gasteiger partial charge in [0, 0.05) is 13.1 Å². The number of nitrogens with two attached hydrogens (primary N) is 1. The van der Waals surface area contributed by atoms with Crippen molar-refractivity contribution in [3.05, 3.63) is 20.8 Å². The SMILES string of the molecule is CCCCn1c(N)c(N(CC(C)C)C(=O)CN2C(=O)N[C@]3(C[C@H](C)CC(C)(C)C3)C2=O)c(=O)[nH]c1=O. The molecule has 1 aliphatic carbocycles. The molecule has 2 aliphatic rings. The molecule has 1 aromatic rings. The van der Waals surface area contributed by atoms with E-state index in [0.717, 1.165) is 17.7 Å². The molecule has 0 unspecified atom stereocenters. The van der Waals surface area contributed by atoms with Crippen LogP contribution in [0, 0.1) is 17.3 Å². The molecule has 4 N–H and O–H groups in total. The average molecular weight is 505 g/mol. The monoisotopic (exact) mass is 504 g/mol. The minimum absolute atomic E-state index is 0.0572. The van der Waals surface area contributed by atoms with E-state index >= 15 is 0 Å². The van der Waals surface area contributed by atoms with Crippen LogP contribution >= 0.6 is 0 Å². The Morgan fingerprint density at radius 2 is 1.86 bits per heavy atom. The molecule has 0 radical (unpaired) electrons. The topological polar surface area (TPSA) is 151 Å². The summed E-state index contributed by atoms with van der Waals surface area (Å²) in [6, 6.07) is -0.613. The minimum atomic E-state index is -1.04. The number of unbranched alkanes of at least 4 members (excludes halogenated alkanes) is 1. The number of amides is 4. The number of nitrogen functional groups attached to an aromatic ring is 1. The van der Waals surface area contributed by atoms with Crippen LogP contribution in [0.2, 0.25) is 0 Å². The Kier molecular flexibility index (Phi) is 7.71. The fraction of sp³-hybridized carbons (Fsp3) is 0.720. The molecule has 36 heavy (non-hydrogen) atoms. The standard InChI is InChI=1S/C25H40N6O5/c1-7-8-9-29-19(26)18(20(33)27-22(29)35)30(12-15(2)3)17(32)13-31-21(34)25(28-23(31)36)11-16(4)10-24(5,6)14-25/h15-16H,7-14,26H2,1-6H3,(H,28,36)(H,27,33,35)/t16-,25+/m1/s1. The summed E-state index contributed by atoms with van der Waals surface area (Å²) >= 11 is 0. The Morgan fingerprint density at radius 1 is 1.19 bits per heavy atom. The second-order valence-electron chi connectivity index (χ2n) is 11.7. The first-order valence-electron chi connectivity index (χ1n) is 12.8. The van der Waals surface area contributed by atoms with Gasteiger partial charge in [-0.05, 0) is 42.9 Å². The van der Waals surface area contributed by atoms with Gasteiger partial charge in [0.05, 0.1) is 0 Å². The molecule has 2 heterocycles. The molecular formula is C25H40N6O5. The van der Waals surface area contributed by atoms with Gasteiger partial charge in [-0.25, -0.2) is 9.59 Å². The number of carbonyl (C=O) groups is 3. The molecule has 1 aliphatic heterocycles. The predicted molar refractivity (Wildman–Crippen MR) is 138 cm³/mol. The van der Waals surface area contributed by atoms with E-state index in [2.05, 4.69) is 31.1 Å². The van der Waals surface area contributed by atoms with Gasteiger partial charge in [-0.1, -0.05) is 48.0 Å². The third-order valence-corrected chi connectivity index (χ3v) is 6.99. The fourth-order valence-electron chi connectivity index (χ4n) is 5.93. The first-order chi connectivity index (χ1) is 16.7. The van der Waals surface area contributed by atoms with Crippen molar-refractivity contribution in [2.45, 2.75) is 85.7 Å². The highest BCUT2D eigenvalue weighted by atomic mass is 16.2. The minimum Gasteiger partial charge on any atom is -0.383 e. The lowest BCUT2D eigenvalue weighted by Crippen LogP contribution is -2.54. The quantitative estimate of drug-likeness (QED) is 0.461. The lowest BCUT2D eigenvalue weighted by Gasteiger charge is -2.43. The van der Waals surface area contributed by atoms with E-state index in [0.29, 0.717) is 19.3 Å². The molecule has 1 spiro atoms. The number of imide groups is 1. The molecule has 0 bridgehead atoms. The van der Waals surface area contributed by atoms with Crippen LogP contribution < -0.4 is 27.2 Å². The number of nitrogens with zero attached hydrogens (tertiary/aromatic N) is 3. The van der Waals surface area contributed by atoms with E-state index in [-0.39, 0.29) is 41.8 Å². The van der Waals surface area contributed by atoms with Crippen LogP contribution in [0.3, 0.4) is 0 Å². The molecule has 0 aromatic carbocycles. The zero-order valence-electron chi connectivity index (χ0n) is 22.3. The highest BCUT2D eigenvalue weighted by Crippen LogP contribution is 2.46. The van der Waals surface area contributed by atoms with Crippen molar-refractivity contribution in [2.24, 2.45) is 17.3 Å². The van der Waals surface area contributed by atoms with Gasteiger partial charge >= 0.3 is 11.7 Å². The molecular weight excluding hydrogens is 464 g/mol. The van der Waals surface area contributed by atoms with E-state index in [9.17, 15) is 24.0 Å². The Hall–Kier alpha value is -3.11. The Labute approximate surface area is 211 Å². The first kappa shape index (κ1) is 27.5. The predicted octanol–water partition coefficient (Wildman–Crippen LogP) is 2.04. The number of hydrogen-bond acceptors (Lipinski definition) is 6. The zero-order chi connectivity index (χ0) is 27.0. The Bertz CT molecular complexity index is 1150. The maximum atomic E-state index is 13.6. The summed E-state index contributed by atoms with van der Waals surface area (Å²) in [6.07, 6.45) is 3.40. The number of H-pyrrole nitrogens is 1. The summed E-state index contributed by atoms with van der Waals surface area (Å²) < 4.78 is 1.25. The second-order valence-corrected chi connectivity index (χ2v) is 11.7. The molecule has 11 heteroatoms. The number of nitrogens with one attached hydrogen (secondary N) is 2. The van der Waals surface area contributed by atoms with Crippen LogP contribution in [-0.4, -0.2) is 50.9 Å². The van der Waals surface area contributed by atoms with Gasteiger partial charge in [-0.2, -0.15) is 0 Å².